The van der Waals surface area contributed by atoms with E-state index in [1.165, 1.54) is 10.0 Å². The average Bonchev–Trinajstić information content (AvgIpc) is 1.94. The number of hydrogen-bond acceptors (Lipinski definition) is 0. The van der Waals surface area contributed by atoms with Gasteiger partial charge in [0, 0.05) is 4.47 Å². The van der Waals surface area contributed by atoms with Crippen molar-refractivity contribution in [2.24, 2.45) is 0 Å². The summed E-state index contributed by atoms with van der Waals surface area (Å²) in [5.74, 6) is 0. The fourth-order valence-electron chi connectivity index (χ4n) is 0.892. The van der Waals surface area contributed by atoms with Gasteiger partial charge < -0.3 is 0 Å². The second-order valence-electron chi connectivity index (χ2n) is 2.19. The first-order valence-electron chi connectivity index (χ1n) is 3.37. The molecule has 0 nitrogen and oxygen atoms in total. The molecule has 0 saturated heterocycles. The average molecular weight is 198 g/mol. The summed E-state index contributed by atoms with van der Waals surface area (Å²) >= 11 is 3.47. The van der Waals surface area contributed by atoms with Crippen LogP contribution in [-0.4, -0.2) is 0 Å². The Bertz CT molecular complexity index is 206. The van der Waals surface area contributed by atoms with Crippen LogP contribution in [-0.2, 0) is 6.42 Å². The van der Waals surface area contributed by atoms with Crippen LogP contribution in [0, 0.1) is 6.92 Å². The number of benzene rings is 1. The van der Waals surface area contributed by atoms with Crippen molar-refractivity contribution in [1.29, 1.82) is 0 Å². The summed E-state index contributed by atoms with van der Waals surface area (Å²) in [6.45, 7) is 3.80. The molecular formula is C9H10Br. The molecule has 0 aliphatic carbocycles. The summed E-state index contributed by atoms with van der Waals surface area (Å²) in [4.78, 5) is 0. The topological polar surface area (TPSA) is 0 Å². The quantitative estimate of drug-likeness (QED) is 0.684. The minimum Gasteiger partial charge on any atom is -0.0619 e. The minimum atomic E-state index is 0.961. The van der Waals surface area contributed by atoms with Crippen LogP contribution in [0.1, 0.15) is 12.0 Å². The molecule has 0 N–H and O–H groups in total. The monoisotopic (exact) mass is 197 g/mol. The summed E-state index contributed by atoms with van der Waals surface area (Å²) in [7, 11) is 0. The molecule has 0 aliphatic heterocycles. The highest BCUT2D eigenvalue weighted by Gasteiger charge is 1.94. The lowest BCUT2D eigenvalue weighted by atomic mass is 10.1. The number of rotatable bonds is 2. The smallest absolute Gasteiger partial charge is 0.0207 e. The van der Waals surface area contributed by atoms with Gasteiger partial charge in [-0.3, -0.25) is 0 Å². The predicted octanol–water partition coefficient (Wildman–Crippen LogP) is 3.22. The van der Waals surface area contributed by atoms with Gasteiger partial charge in [-0.05, 0) is 24.5 Å². The fraction of sp³-hybridized carbons (Fsp3) is 0.222. The van der Waals surface area contributed by atoms with E-state index in [0.29, 0.717) is 0 Å². The van der Waals surface area contributed by atoms with E-state index in [1.807, 2.05) is 6.07 Å². The third-order valence-corrected chi connectivity index (χ3v) is 2.18. The van der Waals surface area contributed by atoms with Crippen LogP contribution in [0.3, 0.4) is 0 Å². The molecular weight excluding hydrogens is 188 g/mol. The molecule has 0 fully saturated rings. The number of halogens is 1. The second-order valence-corrected chi connectivity index (χ2v) is 3.05. The van der Waals surface area contributed by atoms with Gasteiger partial charge in [-0.15, -0.1) is 0 Å². The van der Waals surface area contributed by atoms with Crippen LogP contribution < -0.4 is 0 Å². The summed E-state index contributed by atoms with van der Waals surface area (Å²) in [5, 5.41) is 0. The second kappa shape index (κ2) is 3.77. The Balaban J connectivity index is 2.81. The molecule has 0 aromatic heterocycles. The van der Waals surface area contributed by atoms with Crippen LogP contribution in [0.2, 0.25) is 0 Å². The van der Waals surface area contributed by atoms with E-state index in [0.717, 1.165) is 12.8 Å². The van der Waals surface area contributed by atoms with Crippen LogP contribution in [0.5, 0.6) is 0 Å². The van der Waals surface area contributed by atoms with Gasteiger partial charge in [-0.25, -0.2) is 0 Å². The van der Waals surface area contributed by atoms with Crippen LogP contribution >= 0.6 is 15.9 Å². The molecule has 1 aromatic rings. The predicted molar refractivity (Wildman–Crippen MR) is 47.8 cm³/mol. The van der Waals surface area contributed by atoms with Crippen molar-refractivity contribution in [3.63, 3.8) is 0 Å². The van der Waals surface area contributed by atoms with E-state index in [-0.39, 0.29) is 0 Å². The first-order valence-corrected chi connectivity index (χ1v) is 4.16. The maximum absolute atomic E-state index is 3.80. The normalized spacial score (nSPS) is 9.80. The molecule has 1 aromatic carbocycles. The van der Waals surface area contributed by atoms with Crippen molar-refractivity contribution in [2.45, 2.75) is 12.8 Å². The molecule has 0 aliphatic rings. The molecule has 0 heterocycles. The van der Waals surface area contributed by atoms with Crippen molar-refractivity contribution >= 4 is 15.9 Å². The Morgan fingerprint density at radius 3 is 2.60 bits per heavy atom. The Labute approximate surface area is 70.4 Å². The van der Waals surface area contributed by atoms with E-state index in [1.54, 1.807) is 0 Å². The van der Waals surface area contributed by atoms with Crippen LogP contribution in [0.25, 0.3) is 0 Å². The summed E-state index contributed by atoms with van der Waals surface area (Å²) in [6, 6.07) is 8.26. The highest BCUT2D eigenvalue weighted by Crippen LogP contribution is 2.16. The van der Waals surface area contributed by atoms with E-state index in [9.17, 15) is 0 Å². The molecule has 1 heteroatoms. The highest BCUT2D eigenvalue weighted by molar-refractivity contribution is 9.10. The lowest BCUT2D eigenvalue weighted by molar-refractivity contribution is 0.992. The van der Waals surface area contributed by atoms with Gasteiger partial charge in [0.15, 0.2) is 0 Å². The molecule has 53 valence electrons. The Hall–Kier alpha value is -0.300. The first-order chi connectivity index (χ1) is 4.84. The summed E-state index contributed by atoms with van der Waals surface area (Å²) in [5.41, 5.74) is 1.34. The Morgan fingerprint density at radius 1 is 1.30 bits per heavy atom. The number of hydrogen-bond donors (Lipinski definition) is 0. The van der Waals surface area contributed by atoms with Gasteiger partial charge in [-0.1, -0.05) is 41.1 Å². The molecule has 0 saturated carbocycles. The zero-order chi connectivity index (χ0) is 7.40. The first kappa shape index (κ1) is 7.80. The van der Waals surface area contributed by atoms with Gasteiger partial charge in [0.25, 0.3) is 0 Å². The lowest BCUT2D eigenvalue weighted by Gasteiger charge is -1.99. The van der Waals surface area contributed by atoms with Crippen molar-refractivity contribution in [1.82, 2.24) is 0 Å². The number of aryl methyl sites for hydroxylation is 1. The van der Waals surface area contributed by atoms with Crippen LogP contribution in [0.15, 0.2) is 28.7 Å². The molecule has 10 heavy (non-hydrogen) atoms. The van der Waals surface area contributed by atoms with Gasteiger partial charge in [0.1, 0.15) is 0 Å². The fourth-order valence-corrected chi connectivity index (χ4v) is 1.37. The Morgan fingerprint density at radius 2 is 2.00 bits per heavy atom. The SMILES string of the molecule is [CH2]CCc1ccccc1Br. The maximum Gasteiger partial charge on any atom is 0.0207 e. The largest absolute Gasteiger partial charge is 0.0619 e. The molecule has 0 amide bonds. The molecule has 0 atom stereocenters. The van der Waals surface area contributed by atoms with Crippen molar-refractivity contribution in [3.8, 4) is 0 Å². The third-order valence-electron chi connectivity index (χ3n) is 1.40. The summed E-state index contributed by atoms with van der Waals surface area (Å²) < 4.78 is 1.19. The van der Waals surface area contributed by atoms with Gasteiger partial charge >= 0.3 is 0 Å². The molecule has 1 rings (SSSR count). The summed E-state index contributed by atoms with van der Waals surface area (Å²) in [6.07, 6.45) is 2.02. The van der Waals surface area contributed by atoms with E-state index in [2.05, 4.69) is 41.1 Å². The maximum atomic E-state index is 3.80. The van der Waals surface area contributed by atoms with Gasteiger partial charge in [0.05, 0.1) is 0 Å². The van der Waals surface area contributed by atoms with E-state index >= 15 is 0 Å². The van der Waals surface area contributed by atoms with E-state index in [4.69, 9.17) is 0 Å². The van der Waals surface area contributed by atoms with Crippen molar-refractivity contribution in [3.05, 3.63) is 41.2 Å². The Kier molecular flexibility index (Phi) is 2.94. The van der Waals surface area contributed by atoms with Crippen molar-refractivity contribution < 1.29 is 0 Å². The third kappa shape index (κ3) is 1.84. The van der Waals surface area contributed by atoms with Crippen molar-refractivity contribution in [2.75, 3.05) is 0 Å². The minimum absolute atomic E-state index is 0.961. The molecule has 0 spiro atoms. The lowest BCUT2D eigenvalue weighted by Crippen LogP contribution is -1.82. The highest BCUT2D eigenvalue weighted by atomic mass is 79.9. The molecule has 1 radical (unpaired) electrons. The molecule has 0 unspecified atom stereocenters. The molecule has 0 bridgehead atoms. The van der Waals surface area contributed by atoms with Gasteiger partial charge in [-0.2, -0.15) is 0 Å². The standard InChI is InChI=1S/C9H10Br/c1-2-5-8-6-3-4-7-9(8)10/h3-4,6-7H,1-2,5H2. The zero-order valence-electron chi connectivity index (χ0n) is 5.81. The van der Waals surface area contributed by atoms with Crippen LogP contribution in [0.4, 0.5) is 0 Å². The zero-order valence-corrected chi connectivity index (χ0v) is 7.39. The van der Waals surface area contributed by atoms with Gasteiger partial charge in [0.2, 0.25) is 0 Å². The van der Waals surface area contributed by atoms with E-state index < -0.39 is 0 Å².